The number of aliphatic hydroxyl groups excluding tert-OH is 1. The Hall–Kier alpha value is -0.980. The minimum Gasteiger partial charge on any atom is -0.748 e. The highest BCUT2D eigenvalue weighted by Gasteiger charge is 2.08. The molecule has 1 aromatic heterocycles. The van der Waals surface area contributed by atoms with Gasteiger partial charge in [-0.05, 0) is 0 Å². The lowest BCUT2D eigenvalue weighted by atomic mass is 10.4. The van der Waals surface area contributed by atoms with Gasteiger partial charge in [0.2, 0.25) is 0 Å². The van der Waals surface area contributed by atoms with E-state index in [-0.39, 0.29) is 6.23 Å². The molecule has 0 spiro atoms. The molecule has 0 saturated carbocycles. The molecule has 0 saturated heterocycles. The molecule has 86 valence electrons. The van der Waals surface area contributed by atoms with Gasteiger partial charge >= 0.3 is 0 Å². The molecule has 1 rings (SSSR count). The first-order valence-electron chi connectivity index (χ1n) is 4.39. The monoisotopic (exact) mass is 233 g/mol. The fraction of sp³-hybridized carbons (Fsp3) is 0.444. The van der Waals surface area contributed by atoms with Crippen molar-refractivity contribution in [1.82, 2.24) is 0 Å². The number of rotatable bonds is 2. The summed E-state index contributed by atoms with van der Waals surface area (Å²) >= 11 is 0. The van der Waals surface area contributed by atoms with Crippen LogP contribution in [0, 0.1) is 0 Å². The Balaban J connectivity index is 0.000000336. The van der Waals surface area contributed by atoms with Crippen molar-refractivity contribution >= 4 is 10.1 Å². The van der Waals surface area contributed by atoms with Gasteiger partial charge in [-0.15, -0.1) is 0 Å². The maximum atomic E-state index is 9.29. The molecule has 0 aromatic carbocycles. The Kier molecular flexibility index (Phi) is 6.07. The van der Waals surface area contributed by atoms with Crippen molar-refractivity contribution in [3.8, 4) is 0 Å². The molecule has 1 aromatic rings. The molecule has 0 aliphatic carbocycles. The van der Waals surface area contributed by atoms with Crippen LogP contribution in [0.25, 0.3) is 0 Å². The molecule has 15 heavy (non-hydrogen) atoms. The average molecular weight is 233 g/mol. The van der Waals surface area contributed by atoms with E-state index in [1.165, 1.54) is 0 Å². The van der Waals surface area contributed by atoms with Crippen molar-refractivity contribution in [3.63, 3.8) is 0 Å². The van der Waals surface area contributed by atoms with Crippen LogP contribution in [0.5, 0.6) is 0 Å². The summed E-state index contributed by atoms with van der Waals surface area (Å²) in [6, 6.07) is 5.73. The topological polar surface area (TPSA) is 81.3 Å². The van der Waals surface area contributed by atoms with E-state index < -0.39 is 10.1 Å². The van der Waals surface area contributed by atoms with Gasteiger partial charge in [0.1, 0.15) is 0 Å². The van der Waals surface area contributed by atoms with Crippen LogP contribution in [0.3, 0.4) is 0 Å². The largest absolute Gasteiger partial charge is 0.748 e. The number of pyridine rings is 1. The van der Waals surface area contributed by atoms with E-state index in [4.69, 9.17) is 13.0 Å². The van der Waals surface area contributed by atoms with Gasteiger partial charge in [0.05, 0.1) is 10.1 Å². The van der Waals surface area contributed by atoms with Crippen LogP contribution >= 0.6 is 0 Å². The Morgan fingerprint density at radius 3 is 2.07 bits per heavy atom. The van der Waals surface area contributed by atoms with Crippen LogP contribution in [0.1, 0.15) is 19.6 Å². The SMILES string of the molecule is CCC(O)[n+]1ccccc1.CS(=O)(=O)[O-]. The highest BCUT2D eigenvalue weighted by atomic mass is 32.2. The lowest BCUT2D eigenvalue weighted by molar-refractivity contribution is -0.760. The first kappa shape index (κ1) is 14.0. The Morgan fingerprint density at radius 2 is 1.73 bits per heavy atom. The van der Waals surface area contributed by atoms with Gasteiger partial charge in [0.15, 0.2) is 12.4 Å². The molecule has 0 amide bonds. The number of aliphatic hydroxyl groups is 1. The van der Waals surface area contributed by atoms with Gasteiger partial charge in [0, 0.05) is 24.8 Å². The summed E-state index contributed by atoms with van der Waals surface area (Å²) in [6.07, 6.45) is 4.69. The third-order valence-corrected chi connectivity index (χ3v) is 1.45. The molecule has 1 heterocycles. The zero-order valence-electron chi connectivity index (χ0n) is 8.70. The zero-order chi connectivity index (χ0) is 11.9. The van der Waals surface area contributed by atoms with Crippen molar-refractivity contribution in [3.05, 3.63) is 30.6 Å². The van der Waals surface area contributed by atoms with Crippen molar-refractivity contribution in [2.24, 2.45) is 0 Å². The number of nitrogens with zero attached hydrogens (tertiary/aromatic N) is 1. The molecule has 0 aliphatic rings. The van der Waals surface area contributed by atoms with Crippen LogP contribution in [0.2, 0.25) is 0 Å². The third-order valence-electron chi connectivity index (χ3n) is 1.45. The Labute approximate surface area is 89.7 Å². The van der Waals surface area contributed by atoms with Crippen molar-refractivity contribution < 1.29 is 22.6 Å². The van der Waals surface area contributed by atoms with Crippen LogP contribution < -0.4 is 4.57 Å². The molecule has 0 radical (unpaired) electrons. The second-order valence-corrected chi connectivity index (χ2v) is 4.32. The molecule has 6 heteroatoms. The highest BCUT2D eigenvalue weighted by molar-refractivity contribution is 7.84. The van der Waals surface area contributed by atoms with Crippen molar-refractivity contribution in [2.75, 3.05) is 6.26 Å². The van der Waals surface area contributed by atoms with E-state index in [0.29, 0.717) is 6.26 Å². The summed E-state index contributed by atoms with van der Waals surface area (Å²) in [7, 11) is -3.92. The predicted molar refractivity (Wildman–Crippen MR) is 53.8 cm³/mol. The van der Waals surface area contributed by atoms with Gasteiger partial charge < -0.3 is 9.66 Å². The fourth-order valence-corrected chi connectivity index (χ4v) is 0.821. The summed E-state index contributed by atoms with van der Waals surface area (Å²) in [4.78, 5) is 0. The Morgan fingerprint density at radius 1 is 1.33 bits per heavy atom. The zero-order valence-corrected chi connectivity index (χ0v) is 9.52. The minimum atomic E-state index is -3.92. The van der Waals surface area contributed by atoms with Gasteiger partial charge in [-0.25, -0.2) is 8.42 Å². The van der Waals surface area contributed by atoms with Crippen LogP contribution in [0.4, 0.5) is 0 Å². The summed E-state index contributed by atoms with van der Waals surface area (Å²) < 4.78 is 29.0. The minimum absolute atomic E-state index is 0.374. The Bertz CT molecular complexity index is 355. The standard InChI is InChI=1S/C8H12NO.CH4O3S/c1-2-8(10)9-6-4-3-5-7-9;1-5(2,3)4/h3-8,10H,2H2,1H3;1H3,(H,2,3,4)/q+1;/p-1. The lowest BCUT2D eigenvalue weighted by Crippen LogP contribution is -2.37. The molecule has 1 atom stereocenters. The van der Waals surface area contributed by atoms with E-state index >= 15 is 0 Å². The smallest absolute Gasteiger partial charge is 0.259 e. The molecule has 1 N–H and O–H groups in total. The van der Waals surface area contributed by atoms with Crippen molar-refractivity contribution in [1.29, 1.82) is 0 Å². The summed E-state index contributed by atoms with van der Waals surface area (Å²) in [5.41, 5.74) is 0. The van der Waals surface area contributed by atoms with E-state index in [2.05, 4.69) is 0 Å². The summed E-state index contributed by atoms with van der Waals surface area (Å²) in [5.74, 6) is 0. The van der Waals surface area contributed by atoms with Gasteiger partial charge in [0.25, 0.3) is 6.23 Å². The molecule has 1 unspecified atom stereocenters. The molecule has 0 aliphatic heterocycles. The first-order chi connectivity index (χ1) is 6.84. The fourth-order valence-electron chi connectivity index (χ4n) is 0.821. The van der Waals surface area contributed by atoms with Crippen LogP contribution in [-0.2, 0) is 10.1 Å². The predicted octanol–water partition coefficient (Wildman–Crippen LogP) is 0.0364. The highest BCUT2D eigenvalue weighted by Crippen LogP contribution is 1.93. The van der Waals surface area contributed by atoms with E-state index in [0.717, 1.165) is 6.42 Å². The maximum Gasteiger partial charge on any atom is 0.259 e. The summed E-state index contributed by atoms with van der Waals surface area (Å²) in [5, 5.41) is 9.29. The first-order valence-corrected chi connectivity index (χ1v) is 6.21. The number of aromatic nitrogens is 1. The average Bonchev–Trinajstić information content (AvgIpc) is 2.15. The van der Waals surface area contributed by atoms with Crippen LogP contribution in [0.15, 0.2) is 30.6 Å². The molecule has 0 fully saturated rings. The quantitative estimate of drug-likeness (QED) is 0.577. The molecule has 5 nitrogen and oxygen atoms in total. The maximum absolute atomic E-state index is 9.29. The second-order valence-electron chi connectivity index (χ2n) is 2.92. The molecular formula is C9H15NO4S. The normalized spacial score (nSPS) is 12.5. The summed E-state index contributed by atoms with van der Waals surface area (Å²) in [6.45, 7) is 1.95. The molecular weight excluding hydrogens is 218 g/mol. The van der Waals surface area contributed by atoms with Gasteiger partial charge in [-0.3, -0.25) is 0 Å². The molecule has 0 bridgehead atoms. The van der Waals surface area contributed by atoms with E-state index in [9.17, 15) is 5.11 Å². The van der Waals surface area contributed by atoms with Crippen LogP contribution in [-0.4, -0.2) is 24.3 Å². The second kappa shape index (κ2) is 6.49. The van der Waals surface area contributed by atoms with Crippen molar-refractivity contribution in [2.45, 2.75) is 19.6 Å². The van der Waals surface area contributed by atoms with Gasteiger partial charge in [-0.1, -0.05) is 13.0 Å². The number of hydrogen-bond donors (Lipinski definition) is 1. The van der Waals surface area contributed by atoms with Gasteiger partial charge in [-0.2, -0.15) is 4.57 Å². The lowest BCUT2D eigenvalue weighted by Gasteiger charge is -1.99. The number of hydrogen-bond acceptors (Lipinski definition) is 4. The van der Waals surface area contributed by atoms with E-state index in [1.807, 2.05) is 37.5 Å². The third kappa shape index (κ3) is 9.33. The van der Waals surface area contributed by atoms with E-state index in [1.54, 1.807) is 4.57 Å².